The van der Waals surface area contributed by atoms with E-state index in [0.717, 1.165) is 4.68 Å². The fourth-order valence-corrected chi connectivity index (χ4v) is 3.92. The summed E-state index contributed by atoms with van der Waals surface area (Å²) in [6.45, 7) is 0. The number of nitrogens with two attached hydrogens (primary N) is 1. The van der Waals surface area contributed by atoms with E-state index in [2.05, 4.69) is 15.6 Å². The fraction of sp³-hybridized carbons (Fsp3) is 0.0909. The van der Waals surface area contributed by atoms with E-state index in [1.807, 2.05) is 12.1 Å². The van der Waals surface area contributed by atoms with E-state index in [0.29, 0.717) is 33.1 Å². The SMILES string of the molecule is COc1ccc(-n2nc(C(=O)NN=Cc3ccccc3OC)c3csc(N)c3c2=O)cc1. The van der Waals surface area contributed by atoms with Crippen molar-refractivity contribution in [3.05, 3.63) is 75.5 Å². The Morgan fingerprint density at radius 1 is 1.16 bits per heavy atom. The van der Waals surface area contributed by atoms with Crippen LogP contribution >= 0.6 is 11.3 Å². The number of anilines is 1. The molecule has 0 bridgehead atoms. The van der Waals surface area contributed by atoms with Crippen LogP contribution in [0.5, 0.6) is 11.5 Å². The molecule has 1 amide bonds. The van der Waals surface area contributed by atoms with Gasteiger partial charge in [-0.1, -0.05) is 12.1 Å². The average Bonchev–Trinajstić information content (AvgIpc) is 3.21. The van der Waals surface area contributed by atoms with Crippen LogP contribution in [0.3, 0.4) is 0 Å². The number of methoxy groups -OCH3 is 2. The molecule has 9 nitrogen and oxygen atoms in total. The maximum atomic E-state index is 13.0. The molecule has 10 heteroatoms. The van der Waals surface area contributed by atoms with Gasteiger partial charge >= 0.3 is 0 Å². The number of rotatable bonds is 6. The molecule has 0 saturated carbocycles. The molecule has 162 valence electrons. The van der Waals surface area contributed by atoms with E-state index in [-0.39, 0.29) is 11.1 Å². The first-order chi connectivity index (χ1) is 15.5. The fourth-order valence-electron chi connectivity index (χ4n) is 3.13. The molecule has 0 radical (unpaired) electrons. The summed E-state index contributed by atoms with van der Waals surface area (Å²) in [6, 6.07) is 14.0. The number of fused-ring (bicyclic) bond motifs is 1. The number of hydrogen-bond donors (Lipinski definition) is 2. The van der Waals surface area contributed by atoms with Gasteiger partial charge in [-0.05, 0) is 36.4 Å². The van der Waals surface area contributed by atoms with Gasteiger partial charge in [-0.2, -0.15) is 14.9 Å². The summed E-state index contributed by atoms with van der Waals surface area (Å²) in [6.07, 6.45) is 1.47. The van der Waals surface area contributed by atoms with Crippen molar-refractivity contribution in [3.8, 4) is 17.2 Å². The van der Waals surface area contributed by atoms with Crippen LogP contribution in [0.1, 0.15) is 16.1 Å². The van der Waals surface area contributed by atoms with Gasteiger partial charge in [-0.15, -0.1) is 11.3 Å². The average molecular weight is 449 g/mol. The van der Waals surface area contributed by atoms with Gasteiger partial charge in [-0.3, -0.25) is 9.59 Å². The van der Waals surface area contributed by atoms with Crippen molar-refractivity contribution in [1.29, 1.82) is 0 Å². The standard InChI is InChI=1S/C22H19N5O4S/c1-30-15-9-7-14(8-10-15)27-22(29)18-16(12-32-20(18)23)19(26-27)21(28)25-24-11-13-5-3-4-6-17(13)31-2/h3-12H,23H2,1-2H3,(H,25,28). The van der Waals surface area contributed by atoms with E-state index in [4.69, 9.17) is 15.2 Å². The van der Waals surface area contributed by atoms with Gasteiger partial charge in [0.25, 0.3) is 11.5 Å². The molecule has 0 aliphatic carbocycles. The number of aromatic nitrogens is 2. The first kappa shape index (κ1) is 21.1. The van der Waals surface area contributed by atoms with Gasteiger partial charge in [0, 0.05) is 16.3 Å². The zero-order chi connectivity index (χ0) is 22.7. The van der Waals surface area contributed by atoms with Crippen LogP contribution in [0.4, 0.5) is 5.00 Å². The minimum absolute atomic E-state index is 0.0283. The summed E-state index contributed by atoms with van der Waals surface area (Å²) in [7, 11) is 3.10. The Bertz CT molecular complexity index is 1380. The van der Waals surface area contributed by atoms with Gasteiger partial charge in [0.05, 0.1) is 36.5 Å². The molecule has 0 unspecified atom stereocenters. The topological polar surface area (TPSA) is 121 Å². The van der Waals surface area contributed by atoms with E-state index < -0.39 is 11.5 Å². The summed E-state index contributed by atoms with van der Waals surface area (Å²) in [5.41, 5.74) is 9.25. The quantitative estimate of drug-likeness (QED) is 0.345. The third kappa shape index (κ3) is 3.91. The minimum atomic E-state index is -0.582. The molecule has 3 N–H and O–H groups in total. The van der Waals surface area contributed by atoms with E-state index in [1.165, 1.54) is 17.6 Å². The normalized spacial score (nSPS) is 11.1. The largest absolute Gasteiger partial charge is 0.497 e. The number of para-hydroxylation sites is 1. The van der Waals surface area contributed by atoms with Crippen LogP contribution in [0, 0.1) is 0 Å². The predicted octanol–water partition coefficient (Wildman–Crippen LogP) is 2.81. The molecule has 2 aromatic carbocycles. The summed E-state index contributed by atoms with van der Waals surface area (Å²) in [4.78, 5) is 25.9. The van der Waals surface area contributed by atoms with Crippen molar-refractivity contribution >= 4 is 39.2 Å². The van der Waals surface area contributed by atoms with Crippen molar-refractivity contribution in [2.45, 2.75) is 0 Å². The number of nitrogens with zero attached hydrogens (tertiary/aromatic N) is 3. The minimum Gasteiger partial charge on any atom is -0.497 e. The molecule has 0 atom stereocenters. The van der Waals surface area contributed by atoms with Crippen molar-refractivity contribution < 1.29 is 14.3 Å². The van der Waals surface area contributed by atoms with Crippen LogP contribution in [0.15, 0.2) is 63.8 Å². The third-order valence-corrected chi connectivity index (χ3v) is 5.53. The lowest BCUT2D eigenvalue weighted by atomic mass is 10.2. The van der Waals surface area contributed by atoms with Crippen molar-refractivity contribution in [2.75, 3.05) is 20.0 Å². The zero-order valence-electron chi connectivity index (χ0n) is 17.2. The molecule has 0 fully saturated rings. The molecule has 4 aromatic rings. The molecule has 0 aliphatic rings. The lowest BCUT2D eigenvalue weighted by Crippen LogP contribution is -2.28. The van der Waals surface area contributed by atoms with E-state index in [9.17, 15) is 9.59 Å². The summed E-state index contributed by atoms with van der Waals surface area (Å²) in [5, 5.41) is 10.9. The van der Waals surface area contributed by atoms with Gasteiger partial charge in [0.1, 0.15) is 11.5 Å². The summed E-state index contributed by atoms with van der Waals surface area (Å²) in [5.74, 6) is 0.660. The Morgan fingerprint density at radius 2 is 1.91 bits per heavy atom. The second-order valence-electron chi connectivity index (χ2n) is 6.59. The monoisotopic (exact) mass is 449 g/mol. The number of nitrogen functional groups attached to an aromatic ring is 1. The Balaban J connectivity index is 1.73. The first-order valence-electron chi connectivity index (χ1n) is 9.44. The van der Waals surface area contributed by atoms with Crippen LogP contribution in [-0.4, -0.2) is 36.1 Å². The Kier molecular flexibility index (Phi) is 5.86. The van der Waals surface area contributed by atoms with Crippen molar-refractivity contribution in [3.63, 3.8) is 0 Å². The number of amides is 1. The zero-order valence-corrected chi connectivity index (χ0v) is 18.1. The molecule has 0 spiro atoms. The molecule has 2 heterocycles. The number of nitrogens with one attached hydrogen (secondary N) is 1. The highest BCUT2D eigenvalue weighted by Crippen LogP contribution is 2.27. The maximum absolute atomic E-state index is 13.0. The Morgan fingerprint density at radius 3 is 2.62 bits per heavy atom. The second kappa shape index (κ2) is 8.90. The highest BCUT2D eigenvalue weighted by molar-refractivity contribution is 7.15. The van der Waals surface area contributed by atoms with Crippen molar-refractivity contribution in [2.24, 2.45) is 5.10 Å². The highest BCUT2D eigenvalue weighted by atomic mass is 32.1. The second-order valence-corrected chi connectivity index (χ2v) is 7.50. The molecule has 32 heavy (non-hydrogen) atoms. The van der Waals surface area contributed by atoms with Crippen LogP contribution in [0.2, 0.25) is 0 Å². The number of thiophene rings is 1. The van der Waals surface area contributed by atoms with Crippen LogP contribution < -0.4 is 26.2 Å². The van der Waals surface area contributed by atoms with Crippen LogP contribution in [-0.2, 0) is 0 Å². The van der Waals surface area contributed by atoms with Gasteiger partial charge in [0.2, 0.25) is 0 Å². The Hall–Kier alpha value is -4.18. The van der Waals surface area contributed by atoms with Crippen molar-refractivity contribution in [1.82, 2.24) is 15.2 Å². The lowest BCUT2D eigenvalue weighted by Gasteiger charge is -2.09. The number of hydrogen-bond acceptors (Lipinski definition) is 8. The Labute approximate surface area is 186 Å². The highest BCUT2D eigenvalue weighted by Gasteiger charge is 2.20. The van der Waals surface area contributed by atoms with Crippen LogP contribution in [0.25, 0.3) is 16.5 Å². The van der Waals surface area contributed by atoms with Gasteiger partial charge < -0.3 is 15.2 Å². The summed E-state index contributed by atoms with van der Waals surface area (Å²) < 4.78 is 11.6. The molecule has 0 aliphatic heterocycles. The maximum Gasteiger partial charge on any atom is 0.292 e. The molecule has 4 rings (SSSR count). The predicted molar refractivity (Wildman–Crippen MR) is 124 cm³/mol. The molecule has 2 aromatic heterocycles. The number of hydrazone groups is 1. The first-order valence-corrected chi connectivity index (χ1v) is 10.3. The number of carbonyl (C=O) groups is 1. The molecular formula is C22H19N5O4S. The smallest absolute Gasteiger partial charge is 0.292 e. The van der Waals surface area contributed by atoms with Gasteiger partial charge in [-0.25, -0.2) is 5.43 Å². The van der Waals surface area contributed by atoms with Gasteiger partial charge in [0.15, 0.2) is 5.69 Å². The van der Waals surface area contributed by atoms with E-state index >= 15 is 0 Å². The number of carbonyl (C=O) groups excluding carboxylic acids is 1. The molecule has 0 saturated heterocycles. The third-order valence-electron chi connectivity index (χ3n) is 4.72. The number of benzene rings is 2. The van der Waals surface area contributed by atoms with E-state index in [1.54, 1.807) is 56.0 Å². The summed E-state index contributed by atoms with van der Waals surface area (Å²) >= 11 is 1.17. The molecular weight excluding hydrogens is 430 g/mol. The number of ether oxygens (including phenoxy) is 2. The lowest BCUT2D eigenvalue weighted by molar-refractivity contribution is 0.0950.